The Morgan fingerprint density at radius 2 is 1.90 bits per heavy atom. The molecule has 2 aliphatic rings. The number of carbonyl (C=O) groups excluding carboxylic acids is 1. The summed E-state index contributed by atoms with van der Waals surface area (Å²) in [5, 5.41) is 0. The summed E-state index contributed by atoms with van der Waals surface area (Å²) in [7, 11) is -0.487. The fourth-order valence-corrected chi connectivity index (χ4v) is 3.81. The maximum absolute atomic E-state index is 12.0. The van der Waals surface area contributed by atoms with Crippen LogP contribution >= 0.6 is 0 Å². The van der Waals surface area contributed by atoms with Gasteiger partial charge in [0, 0.05) is 39.6 Å². The van der Waals surface area contributed by atoms with Crippen molar-refractivity contribution in [1.82, 2.24) is 13.9 Å². The third kappa shape index (κ3) is 3.93. The SMILES string of the molecule is CN(C)S(=O)(=O)NC1CC(=O)N(CC2CCCCC2)C1. The monoisotopic (exact) mass is 303 g/mol. The van der Waals surface area contributed by atoms with Gasteiger partial charge in [-0.15, -0.1) is 0 Å². The van der Waals surface area contributed by atoms with E-state index in [1.165, 1.54) is 46.2 Å². The van der Waals surface area contributed by atoms with Crippen LogP contribution in [-0.4, -0.2) is 56.8 Å². The second-order valence-corrected chi connectivity index (χ2v) is 8.03. The van der Waals surface area contributed by atoms with E-state index >= 15 is 0 Å². The Morgan fingerprint density at radius 3 is 2.50 bits per heavy atom. The highest BCUT2D eigenvalue weighted by Crippen LogP contribution is 2.26. The topological polar surface area (TPSA) is 69.7 Å². The fourth-order valence-electron chi connectivity index (χ4n) is 3.02. The van der Waals surface area contributed by atoms with Gasteiger partial charge in [-0.3, -0.25) is 4.79 Å². The summed E-state index contributed by atoms with van der Waals surface area (Å²) < 4.78 is 27.3. The largest absolute Gasteiger partial charge is 0.341 e. The molecule has 0 aromatic heterocycles. The van der Waals surface area contributed by atoms with Gasteiger partial charge >= 0.3 is 0 Å². The molecule has 1 saturated carbocycles. The van der Waals surface area contributed by atoms with E-state index < -0.39 is 10.2 Å². The lowest BCUT2D eigenvalue weighted by atomic mass is 9.89. The summed E-state index contributed by atoms with van der Waals surface area (Å²) in [4.78, 5) is 13.8. The molecule has 20 heavy (non-hydrogen) atoms. The zero-order valence-corrected chi connectivity index (χ0v) is 13.2. The van der Waals surface area contributed by atoms with Crippen molar-refractivity contribution >= 4 is 16.1 Å². The Balaban J connectivity index is 1.87. The van der Waals surface area contributed by atoms with Crippen molar-refractivity contribution in [1.29, 1.82) is 0 Å². The van der Waals surface area contributed by atoms with E-state index in [9.17, 15) is 13.2 Å². The standard InChI is InChI=1S/C13H25N3O3S/c1-15(2)20(18,19)14-12-8-13(17)16(10-12)9-11-6-4-3-5-7-11/h11-12,14H,3-10H2,1-2H3. The van der Waals surface area contributed by atoms with Gasteiger partial charge in [0.2, 0.25) is 5.91 Å². The number of nitrogens with one attached hydrogen (secondary N) is 1. The molecule has 1 saturated heterocycles. The lowest BCUT2D eigenvalue weighted by molar-refractivity contribution is -0.128. The van der Waals surface area contributed by atoms with Crippen molar-refractivity contribution in [3.63, 3.8) is 0 Å². The summed E-state index contributed by atoms with van der Waals surface area (Å²) in [6.45, 7) is 1.29. The van der Waals surface area contributed by atoms with Gasteiger partial charge in [-0.1, -0.05) is 19.3 Å². The summed E-state index contributed by atoms with van der Waals surface area (Å²) >= 11 is 0. The molecule has 1 unspecified atom stereocenters. The van der Waals surface area contributed by atoms with Crippen LogP contribution in [0.25, 0.3) is 0 Å². The minimum absolute atomic E-state index is 0.0713. The van der Waals surface area contributed by atoms with E-state index in [0.717, 1.165) is 10.8 Å². The first-order chi connectivity index (χ1) is 9.38. The second kappa shape index (κ2) is 6.41. The number of rotatable bonds is 5. The summed E-state index contributed by atoms with van der Waals surface area (Å²) in [6, 6.07) is -0.293. The van der Waals surface area contributed by atoms with Crippen LogP contribution in [0.3, 0.4) is 0 Å². The molecule has 0 radical (unpaired) electrons. The summed E-state index contributed by atoms with van der Waals surface area (Å²) in [5.41, 5.74) is 0. The maximum Gasteiger partial charge on any atom is 0.279 e. The van der Waals surface area contributed by atoms with Gasteiger partial charge < -0.3 is 4.90 Å². The Kier molecular flexibility index (Phi) is 5.04. The molecule has 7 heteroatoms. The highest BCUT2D eigenvalue weighted by molar-refractivity contribution is 7.87. The van der Waals surface area contributed by atoms with Crippen LogP contribution in [0.4, 0.5) is 0 Å². The molecule has 1 N–H and O–H groups in total. The zero-order chi connectivity index (χ0) is 14.8. The third-order valence-corrected chi connectivity index (χ3v) is 5.81. The average Bonchev–Trinajstić information content (AvgIpc) is 2.70. The fraction of sp³-hybridized carbons (Fsp3) is 0.923. The normalized spacial score (nSPS) is 25.6. The van der Waals surface area contributed by atoms with E-state index in [1.54, 1.807) is 0 Å². The number of amides is 1. The molecule has 1 amide bonds. The van der Waals surface area contributed by atoms with E-state index in [-0.39, 0.29) is 18.4 Å². The summed E-state index contributed by atoms with van der Waals surface area (Å²) in [6.07, 6.45) is 6.47. The molecule has 0 spiro atoms. The Hall–Kier alpha value is -0.660. The molecule has 6 nitrogen and oxygen atoms in total. The smallest absolute Gasteiger partial charge is 0.279 e. The van der Waals surface area contributed by atoms with Crippen molar-refractivity contribution in [2.24, 2.45) is 5.92 Å². The van der Waals surface area contributed by atoms with Gasteiger partial charge in [0.15, 0.2) is 0 Å². The van der Waals surface area contributed by atoms with Crippen LogP contribution in [0.1, 0.15) is 38.5 Å². The van der Waals surface area contributed by atoms with Gasteiger partial charge in [-0.2, -0.15) is 17.4 Å². The van der Waals surface area contributed by atoms with E-state index in [0.29, 0.717) is 12.5 Å². The van der Waals surface area contributed by atoms with Gasteiger partial charge in [-0.05, 0) is 18.8 Å². The molecule has 2 fully saturated rings. The maximum atomic E-state index is 12.0. The van der Waals surface area contributed by atoms with Crippen LogP contribution in [-0.2, 0) is 15.0 Å². The van der Waals surface area contributed by atoms with Crippen molar-refractivity contribution in [3.05, 3.63) is 0 Å². The minimum atomic E-state index is -3.46. The third-order valence-electron chi connectivity index (χ3n) is 4.21. The quantitative estimate of drug-likeness (QED) is 0.807. The van der Waals surface area contributed by atoms with Gasteiger partial charge in [-0.25, -0.2) is 0 Å². The number of likely N-dealkylation sites (tertiary alicyclic amines) is 1. The predicted octanol–water partition coefficient (Wildman–Crippen LogP) is 0.564. The van der Waals surface area contributed by atoms with Crippen LogP contribution in [0.15, 0.2) is 0 Å². The molecule has 0 aromatic carbocycles. The molecule has 1 heterocycles. The molecule has 1 aliphatic carbocycles. The number of hydrogen-bond donors (Lipinski definition) is 1. The van der Waals surface area contributed by atoms with Gasteiger partial charge in [0.25, 0.3) is 10.2 Å². The van der Waals surface area contributed by atoms with Crippen LogP contribution in [0, 0.1) is 5.92 Å². The lowest BCUT2D eigenvalue weighted by Crippen LogP contribution is -2.43. The minimum Gasteiger partial charge on any atom is -0.341 e. The number of carbonyl (C=O) groups is 1. The molecular weight excluding hydrogens is 278 g/mol. The first-order valence-corrected chi connectivity index (χ1v) is 8.80. The predicted molar refractivity (Wildman–Crippen MR) is 77.3 cm³/mol. The summed E-state index contributed by atoms with van der Waals surface area (Å²) in [5.74, 6) is 0.666. The van der Waals surface area contributed by atoms with Crippen molar-refractivity contribution in [2.45, 2.75) is 44.6 Å². The van der Waals surface area contributed by atoms with Crippen molar-refractivity contribution < 1.29 is 13.2 Å². The average molecular weight is 303 g/mol. The number of hydrogen-bond acceptors (Lipinski definition) is 3. The van der Waals surface area contributed by atoms with Crippen molar-refractivity contribution in [3.8, 4) is 0 Å². The highest BCUT2D eigenvalue weighted by atomic mass is 32.2. The first kappa shape index (κ1) is 15.7. The zero-order valence-electron chi connectivity index (χ0n) is 12.3. The van der Waals surface area contributed by atoms with E-state index in [4.69, 9.17) is 0 Å². The highest BCUT2D eigenvalue weighted by Gasteiger charge is 2.34. The van der Waals surface area contributed by atoms with Gasteiger partial charge in [0.05, 0.1) is 0 Å². The molecule has 1 atom stereocenters. The Morgan fingerprint density at radius 1 is 1.25 bits per heavy atom. The molecule has 1 aliphatic heterocycles. The molecule has 0 bridgehead atoms. The number of nitrogens with zero attached hydrogens (tertiary/aromatic N) is 2. The second-order valence-electron chi connectivity index (χ2n) is 6.11. The molecule has 0 aromatic rings. The van der Waals surface area contributed by atoms with Crippen LogP contribution < -0.4 is 4.72 Å². The molecule has 116 valence electrons. The lowest BCUT2D eigenvalue weighted by Gasteiger charge is -2.27. The first-order valence-electron chi connectivity index (χ1n) is 7.36. The van der Waals surface area contributed by atoms with E-state index in [1.807, 2.05) is 4.90 Å². The Labute approximate surface area is 121 Å². The van der Waals surface area contributed by atoms with Crippen molar-refractivity contribution in [2.75, 3.05) is 27.2 Å². The van der Waals surface area contributed by atoms with Gasteiger partial charge in [0.1, 0.15) is 0 Å². The van der Waals surface area contributed by atoms with E-state index in [2.05, 4.69) is 4.72 Å². The molecular formula is C13H25N3O3S. The van der Waals surface area contributed by atoms with Crippen LogP contribution in [0.2, 0.25) is 0 Å². The Bertz CT molecular complexity index is 444. The van der Waals surface area contributed by atoms with Crippen LogP contribution in [0.5, 0.6) is 0 Å². The molecule has 2 rings (SSSR count).